The maximum atomic E-state index is 4.23. The number of hydrogen-bond donors (Lipinski definition) is 0. The van der Waals surface area contributed by atoms with Crippen LogP contribution in [0.15, 0.2) is 11.8 Å². The summed E-state index contributed by atoms with van der Waals surface area (Å²) in [5.74, 6) is 0. The zero-order chi connectivity index (χ0) is 9.28. The van der Waals surface area contributed by atoms with Crippen molar-refractivity contribution in [2.24, 2.45) is 0 Å². The predicted molar refractivity (Wildman–Crippen MR) is 60.6 cm³/mol. The normalized spacial score (nSPS) is 13.3. The quantitative estimate of drug-likeness (QED) is 0.689. The Labute approximate surface area is 77.0 Å². The van der Waals surface area contributed by atoms with Crippen LogP contribution in [0.4, 0.5) is 0 Å². The Balaban J connectivity index is 4.11. The first-order valence-electron chi connectivity index (χ1n) is 4.31. The van der Waals surface area contributed by atoms with E-state index in [1.54, 1.807) is 5.20 Å². The van der Waals surface area contributed by atoms with Gasteiger partial charge in [-0.2, -0.15) is 0 Å². The third-order valence-corrected chi connectivity index (χ3v) is 9.36. The van der Waals surface area contributed by atoms with Gasteiger partial charge in [0, 0.05) is 0 Å². The fourth-order valence-corrected chi connectivity index (χ4v) is 13.2. The van der Waals surface area contributed by atoms with Crippen molar-refractivity contribution in [1.82, 2.24) is 0 Å². The molecule has 0 aliphatic rings. The zero-order valence-electron chi connectivity index (χ0n) is 8.91. The Bertz CT molecular complexity index is 148. The minimum absolute atomic E-state index is 1.01. The summed E-state index contributed by atoms with van der Waals surface area (Å²) in [6, 6.07) is 0. The summed E-state index contributed by atoms with van der Waals surface area (Å²) >= 11 is -1.57. The van der Waals surface area contributed by atoms with Crippen molar-refractivity contribution in [2.45, 2.75) is 38.9 Å². The van der Waals surface area contributed by atoms with Gasteiger partial charge in [0.1, 0.15) is 0 Å². The van der Waals surface area contributed by atoms with Crippen LogP contribution in [0.1, 0.15) is 0 Å². The van der Waals surface area contributed by atoms with E-state index in [2.05, 4.69) is 41.0 Å². The van der Waals surface area contributed by atoms with Crippen LogP contribution in [0.2, 0.25) is 38.9 Å². The molecule has 0 aliphatic heterocycles. The molecule has 0 atom stereocenters. The van der Waals surface area contributed by atoms with Crippen molar-refractivity contribution in [3.05, 3.63) is 11.8 Å². The molecule has 0 rings (SSSR count). The van der Waals surface area contributed by atoms with E-state index in [-0.39, 0.29) is 0 Å². The first kappa shape index (κ1) is 11.8. The van der Waals surface area contributed by atoms with Crippen molar-refractivity contribution in [3.63, 3.8) is 0 Å². The van der Waals surface area contributed by atoms with Crippen molar-refractivity contribution < 1.29 is 0 Å². The molecule has 0 saturated carbocycles. The minimum atomic E-state index is -1.57. The Kier molecular flexibility index (Phi) is 3.90. The zero-order valence-corrected chi connectivity index (χ0v) is 12.8. The summed E-state index contributed by atoms with van der Waals surface area (Å²) in [5, 5.41) is 1.58. The molecular formula is C9H22SiSn. The molecule has 2 heteroatoms. The molecule has 11 heavy (non-hydrogen) atoms. The van der Waals surface area contributed by atoms with E-state index in [9.17, 15) is 0 Å². The molecule has 0 saturated heterocycles. The van der Waals surface area contributed by atoms with Crippen LogP contribution in [0.25, 0.3) is 0 Å². The van der Waals surface area contributed by atoms with Gasteiger partial charge < -0.3 is 0 Å². The Morgan fingerprint density at radius 2 is 1.55 bits per heavy atom. The Hall–Kier alpha value is 0.756. The third kappa shape index (κ3) is 5.97. The molecule has 0 aliphatic carbocycles. The van der Waals surface area contributed by atoms with E-state index < -0.39 is 26.5 Å². The van der Waals surface area contributed by atoms with Crippen LogP contribution in [0, 0.1) is 0 Å². The predicted octanol–water partition coefficient (Wildman–Crippen LogP) is 3.76. The SMILES string of the molecule is C=C([CH2][Sn]([CH3])([CH3])[CH3])[Si](C)(C)C. The van der Waals surface area contributed by atoms with Gasteiger partial charge in [-0.25, -0.2) is 0 Å². The Morgan fingerprint density at radius 3 is 1.64 bits per heavy atom. The van der Waals surface area contributed by atoms with Crippen molar-refractivity contribution >= 4 is 26.5 Å². The van der Waals surface area contributed by atoms with Gasteiger partial charge in [0.15, 0.2) is 0 Å². The van der Waals surface area contributed by atoms with E-state index in [0.29, 0.717) is 0 Å². The molecule has 0 N–H and O–H groups in total. The molecule has 0 bridgehead atoms. The fraction of sp³-hybridized carbons (Fsp3) is 0.778. The molecule has 0 fully saturated rings. The maximum absolute atomic E-state index is 4.23. The van der Waals surface area contributed by atoms with E-state index in [1.165, 1.54) is 4.44 Å². The number of hydrogen-bond acceptors (Lipinski definition) is 0. The van der Waals surface area contributed by atoms with Crippen LogP contribution in [-0.4, -0.2) is 26.5 Å². The molecule has 0 aromatic carbocycles. The number of allylic oxidation sites excluding steroid dienone is 1. The van der Waals surface area contributed by atoms with Gasteiger partial charge in [-0.05, 0) is 0 Å². The molecule has 66 valence electrons. The van der Waals surface area contributed by atoms with Gasteiger partial charge in [0.2, 0.25) is 0 Å². The summed E-state index contributed by atoms with van der Waals surface area (Å²) in [5.41, 5.74) is 0. The van der Waals surface area contributed by atoms with E-state index in [4.69, 9.17) is 0 Å². The molecule has 0 amide bonds. The second-order valence-corrected chi connectivity index (χ2v) is 26.4. The summed E-state index contributed by atoms with van der Waals surface area (Å²) < 4.78 is 1.39. The monoisotopic (exact) mass is 278 g/mol. The first-order chi connectivity index (χ1) is 4.63. The molecule has 0 aromatic rings. The van der Waals surface area contributed by atoms with Gasteiger partial charge >= 0.3 is 77.1 Å². The van der Waals surface area contributed by atoms with E-state index >= 15 is 0 Å². The average molecular weight is 277 g/mol. The summed E-state index contributed by atoms with van der Waals surface area (Å²) in [7, 11) is -1.01. The fourth-order valence-electron chi connectivity index (χ4n) is 0.905. The van der Waals surface area contributed by atoms with Gasteiger partial charge in [0.25, 0.3) is 0 Å². The van der Waals surface area contributed by atoms with Crippen LogP contribution >= 0.6 is 0 Å². The first-order valence-corrected chi connectivity index (χ1v) is 18.4. The van der Waals surface area contributed by atoms with Gasteiger partial charge in [0.05, 0.1) is 0 Å². The summed E-state index contributed by atoms with van der Waals surface area (Å²) in [4.78, 5) is 7.46. The van der Waals surface area contributed by atoms with Crippen molar-refractivity contribution in [3.8, 4) is 0 Å². The molecule has 0 aromatic heterocycles. The van der Waals surface area contributed by atoms with Crippen LogP contribution in [0.5, 0.6) is 0 Å². The van der Waals surface area contributed by atoms with Gasteiger partial charge in [-0.15, -0.1) is 0 Å². The van der Waals surface area contributed by atoms with Crippen LogP contribution in [0.3, 0.4) is 0 Å². The average Bonchev–Trinajstić information content (AvgIpc) is 1.56. The summed E-state index contributed by atoms with van der Waals surface area (Å²) in [6.45, 7) is 11.4. The van der Waals surface area contributed by atoms with E-state index in [1.807, 2.05) is 0 Å². The van der Waals surface area contributed by atoms with Gasteiger partial charge in [-0.3, -0.25) is 0 Å². The Morgan fingerprint density at radius 1 is 1.18 bits per heavy atom. The molecule has 0 unspecified atom stereocenters. The van der Waals surface area contributed by atoms with Crippen molar-refractivity contribution in [1.29, 1.82) is 0 Å². The molecular weight excluding hydrogens is 255 g/mol. The molecule has 0 spiro atoms. The van der Waals surface area contributed by atoms with Crippen LogP contribution in [-0.2, 0) is 0 Å². The molecule has 0 radical (unpaired) electrons. The van der Waals surface area contributed by atoms with Crippen molar-refractivity contribution in [2.75, 3.05) is 0 Å². The van der Waals surface area contributed by atoms with Gasteiger partial charge in [-0.1, -0.05) is 0 Å². The summed E-state index contributed by atoms with van der Waals surface area (Å²) in [6.07, 6.45) is 0. The molecule has 0 nitrogen and oxygen atoms in total. The second-order valence-electron chi connectivity index (χ2n) is 5.59. The molecule has 0 heterocycles. The second kappa shape index (κ2) is 3.65. The third-order valence-electron chi connectivity index (χ3n) is 1.80. The standard InChI is InChI=1S/C6H13Si.3CH3.Sn/c1-6(2)7(3,4)5;;;;/h1-2H2,3-5H3;3*1H3;. The van der Waals surface area contributed by atoms with E-state index in [0.717, 1.165) is 0 Å². The number of rotatable bonds is 3. The topological polar surface area (TPSA) is 0 Å². The van der Waals surface area contributed by atoms with Crippen LogP contribution < -0.4 is 0 Å².